The fraction of sp³-hybridized carbons (Fsp3) is 0.474. The van der Waals surface area contributed by atoms with E-state index in [1.54, 1.807) is 18.2 Å². The smallest absolute Gasteiger partial charge is 0.336 e. The van der Waals surface area contributed by atoms with Gasteiger partial charge in [-0.15, -0.1) is 0 Å². The van der Waals surface area contributed by atoms with Crippen molar-refractivity contribution in [2.24, 2.45) is 0 Å². The normalized spacial score (nSPS) is 15.2. The fourth-order valence-electron chi connectivity index (χ4n) is 3.23. The molecule has 1 aromatic carbocycles. The Hall–Kier alpha value is -2.34. The first-order valence-electron chi connectivity index (χ1n) is 8.84. The summed E-state index contributed by atoms with van der Waals surface area (Å²) >= 11 is 0. The second kappa shape index (κ2) is 8.16. The van der Waals surface area contributed by atoms with E-state index in [0.29, 0.717) is 11.3 Å². The predicted molar refractivity (Wildman–Crippen MR) is 95.9 cm³/mol. The van der Waals surface area contributed by atoms with Gasteiger partial charge in [-0.2, -0.15) is 0 Å². The van der Waals surface area contributed by atoms with Crippen molar-refractivity contribution in [3.05, 3.63) is 40.8 Å². The largest absolute Gasteiger partial charge is 0.484 e. The summed E-state index contributed by atoms with van der Waals surface area (Å²) < 4.78 is 10.8. The minimum Gasteiger partial charge on any atom is -0.484 e. The van der Waals surface area contributed by atoms with E-state index in [-0.39, 0.29) is 18.6 Å². The molecule has 3 rings (SSSR count). The maximum Gasteiger partial charge on any atom is 0.336 e. The molecule has 0 spiro atoms. The van der Waals surface area contributed by atoms with Gasteiger partial charge in [0.1, 0.15) is 11.3 Å². The summed E-state index contributed by atoms with van der Waals surface area (Å²) in [5.41, 5.74) is 0.0574. The Balaban J connectivity index is 1.66. The summed E-state index contributed by atoms with van der Waals surface area (Å²) in [4.78, 5) is 25.9. The minimum atomic E-state index is -0.402. The molecule has 0 radical (unpaired) electrons. The third kappa shape index (κ3) is 4.39. The zero-order valence-electron chi connectivity index (χ0n) is 14.5. The van der Waals surface area contributed by atoms with Crippen LogP contribution in [-0.2, 0) is 4.79 Å². The second-order valence-corrected chi connectivity index (χ2v) is 6.31. The Morgan fingerprint density at radius 1 is 1.28 bits per heavy atom. The summed E-state index contributed by atoms with van der Waals surface area (Å²) in [6, 6.07) is 8.62. The van der Waals surface area contributed by atoms with Crippen molar-refractivity contribution < 1.29 is 13.9 Å². The van der Waals surface area contributed by atoms with Crippen molar-refractivity contribution in [1.82, 2.24) is 10.2 Å². The van der Waals surface area contributed by atoms with E-state index in [2.05, 4.69) is 12.2 Å². The fourth-order valence-corrected chi connectivity index (χ4v) is 3.23. The molecule has 1 saturated heterocycles. The van der Waals surface area contributed by atoms with Crippen molar-refractivity contribution in [2.45, 2.75) is 32.2 Å². The number of hydrogen-bond acceptors (Lipinski definition) is 5. The number of hydrogen-bond donors (Lipinski definition) is 1. The maximum atomic E-state index is 12.6. The lowest BCUT2D eigenvalue weighted by Gasteiger charge is -2.34. The van der Waals surface area contributed by atoms with Gasteiger partial charge in [0.05, 0.1) is 0 Å². The standard InChI is InChI=1S/C19H24N2O4/c1-2-11-21(15-7-9-20-10-8-15)18(22)13-24-16-5-3-14-4-6-19(23)25-17(14)12-16/h3-6,12,15,20H,2,7-11,13H2,1H3. The van der Waals surface area contributed by atoms with Gasteiger partial charge in [0.15, 0.2) is 6.61 Å². The van der Waals surface area contributed by atoms with Crippen LogP contribution in [0.4, 0.5) is 0 Å². The van der Waals surface area contributed by atoms with Crippen LogP contribution in [0.1, 0.15) is 26.2 Å². The van der Waals surface area contributed by atoms with Gasteiger partial charge in [0.2, 0.25) is 0 Å². The second-order valence-electron chi connectivity index (χ2n) is 6.31. The van der Waals surface area contributed by atoms with Gasteiger partial charge in [-0.05, 0) is 50.6 Å². The lowest BCUT2D eigenvalue weighted by molar-refractivity contribution is -0.136. The van der Waals surface area contributed by atoms with Crippen molar-refractivity contribution in [3.63, 3.8) is 0 Å². The topological polar surface area (TPSA) is 71.8 Å². The average Bonchev–Trinajstić information content (AvgIpc) is 2.64. The number of fused-ring (bicyclic) bond motifs is 1. The first kappa shape index (κ1) is 17.5. The molecule has 0 aliphatic carbocycles. The zero-order valence-corrected chi connectivity index (χ0v) is 14.5. The number of nitrogens with zero attached hydrogens (tertiary/aromatic N) is 1. The summed E-state index contributed by atoms with van der Waals surface area (Å²) in [5, 5.41) is 4.14. The summed E-state index contributed by atoms with van der Waals surface area (Å²) in [7, 11) is 0. The SMILES string of the molecule is CCCN(C(=O)COc1ccc2ccc(=O)oc2c1)C1CCNCC1. The Kier molecular flexibility index (Phi) is 5.71. The summed E-state index contributed by atoms with van der Waals surface area (Å²) in [5.74, 6) is 0.528. The molecule has 0 unspecified atom stereocenters. The van der Waals surface area contributed by atoms with Crippen LogP contribution < -0.4 is 15.7 Å². The van der Waals surface area contributed by atoms with Crippen LogP contribution in [0.3, 0.4) is 0 Å². The molecule has 2 heterocycles. The van der Waals surface area contributed by atoms with E-state index in [1.165, 1.54) is 6.07 Å². The highest BCUT2D eigenvalue weighted by Crippen LogP contribution is 2.20. The number of carbonyl (C=O) groups excluding carboxylic acids is 1. The quantitative estimate of drug-likeness (QED) is 0.813. The molecule has 0 saturated carbocycles. The van der Waals surface area contributed by atoms with Crippen LogP contribution in [0.5, 0.6) is 5.75 Å². The van der Waals surface area contributed by atoms with Crippen molar-refractivity contribution in [2.75, 3.05) is 26.2 Å². The number of benzene rings is 1. The summed E-state index contributed by atoms with van der Waals surface area (Å²) in [6.07, 6.45) is 2.89. The molecule has 6 nitrogen and oxygen atoms in total. The molecular formula is C19H24N2O4. The van der Waals surface area contributed by atoms with Gasteiger partial charge in [-0.3, -0.25) is 4.79 Å². The van der Waals surface area contributed by atoms with Crippen LogP contribution >= 0.6 is 0 Å². The molecule has 2 aromatic rings. The van der Waals surface area contributed by atoms with Crippen LogP contribution in [0.25, 0.3) is 11.0 Å². The Bertz CT molecular complexity index is 780. The number of rotatable bonds is 6. The van der Waals surface area contributed by atoms with Gasteiger partial charge < -0.3 is 19.4 Å². The van der Waals surface area contributed by atoms with Gasteiger partial charge in [-0.25, -0.2) is 4.79 Å². The average molecular weight is 344 g/mol. The van der Waals surface area contributed by atoms with Gasteiger partial charge in [0.25, 0.3) is 5.91 Å². The lowest BCUT2D eigenvalue weighted by Crippen LogP contribution is -2.48. The molecule has 1 aliphatic rings. The minimum absolute atomic E-state index is 0.00311. The molecule has 6 heteroatoms. The molecule has 1 amide bonds. The number of carbonyl (C=O) groups is 1. The van der Waals surface area contributed by atoms with E-state index in [1.807, 2.05) is 11.0 Å². The van der Waals surface area contributed by atoms with Gasteiger partial charge >= 0.3 is 5.63 Å². The van der Waals surface area contributed by atoms with Crippen molar-refractivity contribution >= 4 is 16.9 Å². The zero-order chi connectivity index (χ0) is 17.6. The predicted octanol–water partition coefficient (Wildman–Crippen LogP) is 2.16. The van der Waals surface area contributed by atoms with E-state index >= 15 is 0 Å². The Morgan fingerprint density at radius 2 is 2.04 bits per heavy atom. The Labute approximate surface area is 146 Å². The lowest BCUT2D eigenvalue weighted by atomic mass is 10.0. The van der Waals surface area contributed by atoms with Crippen molar-refractivity contribution in [3.8, 4) is 5.75 Å². The highest BCUT2D eigenvalue weighted by molar-refractivity contribution is 5.79. The number of piperidine rings is 1. The first-order chi connectivity index (χ1) is 12.2. The molecule has 0 bridgehead atoms. The molecule has 1 aliphatic heterocycles. The Morgan fingerprint density at radius 3 is 2.80 bits per heavy atom. The highest BCUT2D eigenvalue weighted by atomic mass is 16.5. The molecule has 1 N–H and O–H groups in total. The van der Waals surface area contributed by atoms with E-state index in [9.17, 15) is 9.59 Å². The van der Waals surface area contributed by atoms with Crippen molar-refractivity contribution in [1.29, 1.82) is 0 Å². The van der Waals surface area contributed by atoms with Crippen LogP contribution in [0.15, 0.2) is 39.5 Å². The van der Waals surface area contributed by atoms with Crippen LogP contribution in [0, 0.1) is 0 Å². The molecule has 1 aromatic heterocycles. The van der Waals surface area contributed by atoms with Gasteiger partial charge in [0, 0.05) is 30.1 Å². The van der Waals surface area contributed by atoms with E-state index in [0.717, 1.165) is 44.3 Å². The number of ether oxygens (including phenoxy) is 1. The third-order valence-electron chi connectivity index (χ3n) is 4.49. The van der Waals surface area contributed by atoms with Crippen LogP contribution in [0.2, 0.25) is 0 Å². The summed E-state index contributed by atoms with van der Waals surface area (Å²) in [6.45, 7) is 4.71. The van der Waals surface area contributed by atoms with E-state index < -0.39 is 5.63 Å². The number of nitrogens with one attached hydrogen (secondary N) is 1. The number of amides is 1. The molecule has 0 atom stereocenters. The monoisotopic (exact) mass is 344 g/mol. The molecule has 25 heavy (non-hydrogen) atoms. The maximum absolute atomic E-state index is 12.6. The molecular weight excluding hydrogens is 320 g/mol. The van der Waals surface area contributed by atoms with E-state index in [4.69, 9.17) is 9.15 Å². The third-order valence-corrected chi connectivity index (χ3v) is 4.49. The molecule has 1 fully saturated rings. The first-order valence-corrected chi connectivity index (χ1v) is 8.84. The molecule has 134 valence electrons. The van der Waals surface area contributed by atoms with Crippen LogP contribution in [-0.4, -0.2) is 43.1 Å². The highest BCUT2D eigenvalue weighted by Gasteiger charge is 2.24. The van der Waals surface area contributed by atoms with Gasteiger partial charge in [-0.1, -0.05) is 6.92 Å².